The summed E-state index contributed by atoms with van der Waals surface area (Å²) in [6, 6.07) is -0.696. The first-order valence-corrected chi connectivity index (χ1v) is 28.4. The molecule has 0 radical (unpaired) electrons. The smallest absolute Gasteiger partial charge is 0.306 e. The van der Waals surface area contributed by atoms with Crippen molar-refractivity contribution >= 4 is 11.9 Å². The number of unbranched alkanes of at least 4 members (excludes halogenated alkanes) is 38. The highest BCUT2D eigenvalue weighted by Gasteiger charge is 2.24. The van der Waals surface area contributed by atoms with Crippen LogP contribution in [0.25, 0.3) is 0 Å². The summed E-state index contributed by atoms with van der Waals surface area (Å²) in [6.45, 7) is 6.50. The van der Waals surface area contributed by atoms with E-state index in [4.69, 9.17) is 4.74 Å². The van der Waals surface area contributed by atoms with Crippen molar-refractivity contribution in [3.63, 3.8) is 0 Å². The van der Waals surface area contributed by atoms with E-state index in [1.54, 1.807) is 0 Å². The molecule has 1 amide bonds. The Morgan fingerprint density at radius 3 is 1.13 bits per heavy atom. The van der Waals surface area contributed by atoms with Crippen LogP contribution in [0.3, 0.4) is 0 Å². The van der Waals surface area contributed by atoms with Crippen molar-refractivity contribution in [1.29, 1.82) is 0 Å². The van der Waals surface area contributed by atoms with E-state index in [0.29, 0.717) is 19.3 Å². The minimum Gasteiger partial charge on any atom is -0.462 e. The third kappa shape index (κ3) is 46.9. The van der Waals surface area contributed by atoms with E-state index in [1.807, 2.05) is 0 Å². The van der Waals surface area contributed by atoms with Gasteiger partial charge in [0.15, 0.2) is 0 Å². The van der Waals surface area contributed by atoms with Crippen LogP contribution in [-0.4, -0.2) is 46.9 Å². The van der Waals surface area contributed by atoms with Crippen LogP contribution in [0.4, 0.5) is 0 Å². The van der Waals surface area contributed by atoms with Crippen LogP contribution in [0.5, 0.6) is 0 Å². The Labute approximate surface area is 393 Å². The van der Waals surface area contributed by atoms with Gasteiger partial charge in [-0.15, -0.1) is 0 Å². The Morgan fingerprint density at radius 2 is 0.762 bits per heavy atom. The van der Waals surface area contributed by atoms with Gasteiger partial charge in [-0.3, -0.25) is 9.59 Å². The summed E-state index contributed by atoms with van der Waals surface area (Å²) in [4.78, 5) is 26.2. The van der Waals surface area contributed by atoms with Gasteiger partial charge in [-0.1, -0.05) is 264 Å². The number of hydrogen-bond donors (Lipinski definition) is 3. The normalized spacial score (nSPS) is 13.2. The Morgan fingerprint density at radius 1 is 0.444 bits per heavy atom. The van der Waals surface area contributed by atoms with Crippen LogP contribution >= 0.6 is 0 Å². The van der Waals surface area contributed by atoms with Crippen molar-refractivity contribution in [2.45, 2.75) is 334 Å². The summed E-state index contributed by atoms with van der Waals surface area (Å²) in [7, 11) is 0. The number of rotatable bonds is 52. The molecular weight excluding hydrogens is 779 g/mol. The second kappa shape index (κ2) is 51.6. The lowest BCUT2D eigenvalue weighted by Gasteiger charge is -2.24. The maximum Gasteiger partial charge on any atom is 0.306 e. The highest BCUT2D eigenvalue weighted by Crippen LogP contribution is 2.19. The zero-order chi connectivity index (χ0) is 45.9. The van der Waals surface area contributed by atoms with Gasteiger partial charge >= 0.3 is 5.97 Å². The number of aliphatic hydroxyl groups is 2. The SMILES string of the molecule is CCCCCCCCCCC/C=C/CCCCCCCC(=O)OC(CCCCCCCCCCCCCCCCCCC)CC(=O)NC(CO)C(O)CCCCCCCCCCC. The molecule has 0 fully saturated rings. The van der Waals surface area contributed by atoms with Gasteiger partial charge in [-0.2, -0.15) is 0 Å². The van der Waals surface area contributed by atoms with E-state index < -0.39 is 18.2 Å². The van der Waals surface area contributed by atoms with E-state index in [-0.39, 0.29) is 24.9 Å². The quantitative estimate of drug-likeness (QED) is 0.0321. The molecule has 0 aliphatic heterocycles. The molecule has 0 aliphatic carbocycles. The standard InChI is InChI=1S/C57H111NO5/c1-4-7-10-13-16-19-21-23-25-27-29-31-33-35-38-41-44-47-50-57(62)63-53(48-45-42-39-37-34-32-30-28-26-24-22-20-17-14-11-8-5-2)51-56(61)58-54(52-59)55(60)49-46-43-40-36-18-15-12-9-6-3/h29,31,53-55,59-60H,4-28,30,32-52H2,1-3H3,(H,58,61)/b31-29+. The van der Waals surface area contributed by atoms with Crippen LogP contribution in [0.15, 0.2) is 12.2 Å². The molecule has 0 heterocycles. The highest BCUT2D eigenvalue weighted by molar-refractivity contribution is 5.77. The van der Waals surface area contributed by atoms with Crippen LogP contribution < -0.4 is 5.32 Å². The Bertz CT molecular complexity index is 955. The zero-order valence-corrected chi connectivity index (χ0v) is 42.7. The van der Waals surface area contributed by atoms with E-state index in [2.05, 4.69) is 38.2 Å². The zero-order valence-electron chi connectivity index (χ0n) is 42.7. The predicted octanol–water partition coefficient (Wildman–Crippen LogP) is 17.3. The summed E-state index contributed by atoms with van der Waals surface area (Å²) >= 11 is 0. The minimum absolute atomic E-state index is 0.0818. The van der Waals surface area contributed by atoms with Gasteiger partial charge in [0.05, 0.1) is 25.2 Å². The second-order valence-electron chi connectivity index (χ2n) is 19.7. The Hall–Kier alpha value is -1.40. The van der Waals surface area contributed by atoms with Gasteiger partial charge in [0.2, 0.25) is 5.91 Å². The van der Waals surface area contributed by atoms with Crippen molar-refractivity contribution < 1.29 is 24.5 Å². The maximum atomic E-state index is 13.2. The summed E-state index contributed by atoms with van der Waals surface area (Å²) in [6.07, 6.45) is 58.6. The van der Waals surface area contributed by atoms with Crippen molar-refractivity contribution in [3.8, 4) is 0 Å². The Kier molecular flexibility index (Phi) is 50.4. The van der Waals surface area contributed by atoms with E-state index in [0.717, 1.165) is 51.4 Å². The Balaban J connectivity index is 4.49. The lowest BCUT2D eigenvalue weighted by molar-refractivity contribution is -0.151. The van der Waals surface area contributed by atoms with Crippen LogP contribution in [0.2, 0.25) is 0 Å². The maximum absolute atomic E-state index is 13.2. The first-order valence-electron chi connectivity index (χ1n) is 28.4. The van der Waals surface area contributed by atoms with Crippen molar-refractivity contribution in [1.82, 2.24) is 5.32 Å². The molecule has 3 unspecified atom stereocenters. The fourth-order valence-corrected chi connectivity index (χ4v) is 9.02. The number of esters is 1. The van der Waals surface area contributed by atoms with Gasteiger partial charge in [0.1, 0.15) is 6.10 Å². The van der Waals surface area contributed by atoms with Gasteiger partial charge in [0, 0.05) is 6.42 Å². The summed E-state index contributed by atoms with van der Waals surface area (Å²) < 4.78 is 5.96. The van der Waals surface area contributed by atoms with Gasteiger partial charge in [0.25, 0.3) is 0 Å². The van der Waals surface area contributed by atoms with Crippen LogP contribution in [0.1, 0.15) is 316 Å². The summed E-state index contributed by atoms with van der Waals surface area (Å²) in [5.41, 5.74) is 0. The topological polar surface area (TPSA) is 95.9 Å². The van der Waals surface area contributed by atoms with E-state index in [1.165, 1.54) is 218 Å². The average molecular weight is 891 g/mol. The summed E-state index contributed by atoms with van der Waals surface area (Å²) in [5.74, 6) is -0.463. The molecule has 3 N–H and O–H groups in total. The molecule has 0 saturated carbocycles. The number of allylic oxidation sites excluding steroid dienone is 2. The second-order valence-corrected chi connectivity index (χ2v) is 19.7. The average Bonchev–Trinajstić information content (AvgIpc) is 3.28. The molecule has 0 saturated heterocycles. The number of amides is 1. The fraction of sp³-hybridized carbons (Fsp3) is 0.930. The largest absolute Gasteiger partial charge is 0.462 e. The fourth-order valence-electron chi connectivity index (χ4n) is 9.02. The molecule has 0 rings (SSSR count). The molecule has 0 spiro atoms. The van der Waals surface area contributed by atoms with Crippen molar-refractivity contribution in [2.75, 3.05) is 6.61 Å². The molecule has 6 heteroatoms. The van der Waals surface area contributed by atoms with E-state index in [9.17, 15) is 19.8 Å². The van der Waals surface area contributed by atoms with Crippen LogP contribution in [-0.2, 0) is 14.3 Å². The number of carbonyl (C=O) groups is 2. The lowest BCUT2D eigenvalue weighted by Crippen LogP contribution is -2.46. The number of ether oxygens (including phenoxy) is 1. The number of aliphatic hydroxyl groups excluding tert-OH is 2. The van der Waals surface area contributed by atoms with Gasteiger partial charge in [-0.05, 0) is 51.4 Å². The number of hydrogen-bond acceptors (Lipinski definition) is 5. The lowest BCUT2D eigenvalue weighted by atomic mass is 10.0. The molecule has 3 atom stereocenters. The molecule has 0 aromatic carbocycles. The monoisotopic (exact) mass is 890 g/mol. The van der Waals surface area contributed by atoms with Gasteiger partial charge in [-0.25, -0.2) is 0 Å². The summed E-state index contributed by atoms with van der Waals surface area (Å²) in [5, 5.41) is 23.8. The first-order chi connectivity index (χ1) is 31.0. The first kappa shape index (κ1) is 61.6. The molecule has 6 nitrogen and oxygen atoms in total. The number of carbonyl (C=O) groups excluding carboxylic acids is 2. The van der Waals surface area contributed by atoms with E-state index >= 15 is 0 Å². The molecule has 0 aliphatic rings. The molecule has 63 heavy (non-hydrogen) atoms. The minimum atomic E-state index is -0.782. The van der Waals surface area contributed by atoms with Crippen LogP contribution in [0, 0.1) is 0 Å². The van der Waals surface area contributed by atoms with Crippen molar-refractivity contribution in [3.05, 3.63) is 12.2 Å². The number of nitrogens with one attached hydrogen (secondary N) is 1. The highest BCUT2D eigenvalue weighted by atomic mass is 16.5. The molecule has 0 aromatic heterocycles. The molecule has 0 aromatic rings. The third-order valence-electron chi connectivity index (χ3n) is 13.3. The predicted molar refractivity (Wildman–Crippen MR) is 273 cm³/mol. The van der Waals surface area contributed by atoms with Crippen molar-refractivity contribution in [2.24, 2.45) is 0 Å². The molecule has 374 valence electrons. The molecule has 0 bridgehead atoms. The van der Waals surface area contributed by atoms with Gasteiger partial charge < -0.3 is 20.3 Å². The third-order valence-corrected chi connectivity index (χ3v) is 13.3. The molecular formula is C57H111NO5.